The Balaban J connectivity index is 5.06. The molecule has 0 rings (SSSR count). The van der Waals surface area contributed by atoms with Crippen LogP contribution in [0.4, 0.5) is 0 Å². The third-order valence-electron chi connectivity index (χ3n) is 2.17. The zero-order chi connectivity index (χ0) is 10.4. The van der Waals surface area contributed by atoms with Crippen molar-refractivity contribution in [3.8, 4) is 0 Å². The van der Waals surface area contributed by atoms with E-state index in [4.69, 9.17) is 9.47 Å². The SMILES string of the molecule is C=C/C(OC)=C(C)\C(C)=C(/C)OC. The van der Waals surface area contributed by atoms with E-state index in [9.17, 15) is 0 Å². The standard InChI is InChI=1S/C11H18O2/c1-7-11(13-6)9(3)8(2)10(4)12-5/h7H,1H2,2-6H3/b10-8+,11-9+. The van der Waals surface area contributed by atoms with Gasteiger partial charge in [0.25, 0.3) is 0 Å². The second-order valence-corrected chi connectivity index (χ2v) is 2.78. The summed E-state index contributed by atoms with van der Waals surface area (Å²) in [5, 5.41) is 0. The van der Waals surface area contributed by atoms with Crippen LogP contribution in [0.25, 0.3) is 0 Å². The molecule has 13 heavy (non-hydrogen) atoms. The van der Waals surface area contributed by atoms with Gasteiger partial charge in [0, 0.05) is 0 Å². The molecule has 0 heterocycles. The maximum absolute atomic E-state index is 5.15. The quantitative estimate of drug-likeness (QED) is 0.491. The Kier molecular flexibility index (Phi) is 4.97. The van der Waals surface area contributed by atoms with Crippen molar-refractivity contribution in [2.45, 2.75) is 20.8 Å². The van der Waals surface area contributed by atoms with E-state index in [1.165, 1.54) is 0 Å². The Morgan fingerprint density at radius 1 is 1.00 bits per heavy atom. The zero-order valence-corrected chi connectivity index (χ0v) is 9.10. The molecule has 0 aromatic carbocycles. The first kappa shape index (κ1) is 11.8. The molecule has 0 amide bonds. The van der Waals surface area contributed by atoms with Crippen molar-refractivity contribution in [3.05, 3.63) is 35.3 Å². The van der Waals surface area contributed by atoms with Crippen molar-refractivity contribution in [1.29, 1.82) is 0 Å². The number of methoxy groups -OCH3 is 2. The van der Waals surface area contributed by atoms with Crippen LogP contribution in [0.5, 0.6) is 0 Å². The van der Waals surface area contributed by atoms with Crippen LogP contribution in [0.15, 0.2) is 35.3 Å². The summed E-state index contributed by atoms with van der Waals surface area (Å²) in [6, 6.07) is 0. The lowest BCUT2D eigenvalue weighted by Crippen LogP contribution is -1.94. The molecule has 0 radical (unpaired) electrons. The molecule has 0 N–H and O–H groups in total. The van der Waals surface area contributed by atoms with Crippen LogP contribution in [-0.4, -0.2) is 14.2 Å². The van der Waals surface area contributed by atoms with Gasteiger partial charge in [0.1, 0.15) is 5.76 Å². The molecule has 0 fully saturated rings. The molecule has 0 aromatic rings. The van der Waals surface area contributed by atoms with Crippen LogP contribution in [-0.2, 0) is 9.47 Å². The molecule has 74 valence electrons. The van der Waals surface area contributed by atoms with Gasteiger partial charge in [-0.05, 0) is 38.0 Å². The Bertz CT molecular complexity index is 247. The lowest BCUT2D eigenvalue weighted by Gasteiger charge is -2.10. The monoisotopic (exact) mass is 182 g/mol. The van der Waals surface area contributed by atoms with Gasteiger partial charge in [0.05, 0.1) is 20.0 Å². The summed E-state index contributed by atoms with van der Waals surface area (Å²) in [5.74, 6) is 1.68. The van der Waals surface area contributed by atoms with Crippen molar-refractivity contribution < 1.29 is 9.47 Å². The van der Waals surface area contributed by atoms with Crippen LogP contribution in [0.1, 0.15) is 20.8 Å². The van der Waals surface area contributed by atoms with Crippen molar-refractivity contribution in [2.75, 3.05) is 14.2 Å². The lowest BCUT2D eigenvalue weighted by atomic mass is 10.1. The second kappa shape index (κ2) is 5.46. The average Bonchev–Trinajstić information content (AvgIpc) is 2.17. The minimum atomic E-state index is 0.786. The van der Waals surface area contributed by atoms with Gasteiger partial charge < -0.3 is 9.47 Å². The van der Waals surface area contributed by atoms with Crippen LogP contribution < -0.4 is 0 Å². The Labute approximate surface area is 80.5 Å². The number of rotatable bonds is 4. The van der Waals surface area contributed by atoms with Gasteiger partial charge in [0.15, 0.2) is 0 Å². The summed E-state index contributed by atoms with van der Waals surface area (Å²) in [6.07, 6.45) is 1.70. The van der Waals surface area contributed by atoms with E-state index in [0.717, 1.165) is 22.7 Å². The molecule has 0 saturated heterocycles. The van der Waals surface area contributed by atoms with Crippen LogP contribution in [0.2, 0.25) is 0 Å². The predicted molar refractivity (Wildman–Crippen MR) is 55.3 cm³/mol. The van der Waals surface area contributed by atoms with E-state index in [-0.39, 0.29) is 0 Å². The summed E-state index contributed by atoms with van der Waals surface area (Å²) < 4.78 is 10.3. The fraction of sp³-hybridized carbons (Fsp3) is 0.455. The Morgan fingerprint density at radius 2 is 1.54 bits per heavy atom. The molecule has 0 spiro atoms. The fourth-order valence-corrected chi connectivity index (χ4v) is 0.991. The van der Waals surface area contributed by atoms with Gasteiger partial charge in [-0.3, -0.25) is 0 Å². The number of allylic oxidation sites excluding steroid dienone is 4. The maximum Gasteiger partial charge on any atom is 0.121 e. The fourth-order valence-electron chi connectivity index (χ4n) is 0.991. The van der Waals surface area contributed by atoms with Gasteiger partial charge in [-0.15, -0.1) is 0 Å². The summed E-state index contributed by atoms with van der Waals surface area (Å²) >= 11 is 0. The van der Waals surface area contributed by atoms with Gasteiger partial charge in [0.2, 0.25) is 0 Å². The molecule has 2 nitrogen and oxygen atoms in total. The number of hydrogen-bond donors (Lipinski definition) is 0. The van der Waals surface area contributed by atoms with E-state index in [2.05, 4.69) is 6.58 Å². The van der Waals surface area contributed by atoms with Gasteiger partial charge in [-0.25, -0.2) is 0 Å². The smallest absolute Gasteiger partial charge is 0.121 e. The maximum atomic E-state index is 5.15. The summed E-state index contributed by atoms with van der Waals surface area (Å²) in [7, 11) is 3.29. The highest BCUT2D eigenvalue weighted by molar-refractivity contribution is 5.35. The normalized spacial score (nSPS) is 14.2. The summed E-state index contributed by atoms with van der Waals surface area (Å²) in [6.45, 7) is 9.58. The molecule has 0 aromatic heterocycles. The number of hydrogen-bond acceptors (Lipinski definition) is 2. The molecule has 0 bridgehead atoms. The molecular weight excluding hydrogens is 164 g/mol. The van der Waals surface area contributed by atoms with E-state index < -0.39 is 0 Å². The minimum Gasteiger partial charge on any atom is -0.501 e. The topological polar surface area (TPSA) is 18.5 Å². The molecule has 0 aliphatic heterocycles. The van der Waals surface area contributed by atoms with E-state index >= 15 is 0 Å². The first-order valence-electron chi connectivity index (χ1n) is 4.17. The summed E-state index contributed by atoms with van der Waals surface area (Å²) in [4.78, 5) is 0. The molecule has 0 unspecified atom stereocenters. The third-order valence-corrected chi connectivity index (χ3v) is 2.17. The van der Waals surface area contributed by atoms with Crippen molar-refractivity contribution >= 4 is 0 Å². The van der Waals surface area contributed by atoms with Crippen LogP contribution in [0.3, 0.4) is 0 Å². The van der Waals surface area contributed by atoms with Crippen LogP contribution >= 0.6 is 0 Å². The Hall–Kier alpha value is -1.18. The number of ether oxygens (including phenoxy) is 2. The highest BCUT2D eigenvalue weighted by atomic mass is 16.5. The lowest BCUT2D eigenvalue weighted by molar-refractivity contribution is 0.286. The highest BCUT2D eigenvalue weighted by Gasteiger charge is 2.04. The first-order valence-corrected chi connectivity index (χ1v) is 4.17. The second-order valence-electron chi connectivity index (χ2n) is 2.78. The molecule has 2 heteroatoms. The van der Waals surface area contributed by atoms with Gasteiger partial charge in [-0.1, -0.05) is 6.58 Å². The molecule has 0 aliphatic rings. The molecule has 0 saturated carbocycles. The van der Waals surface area contributed by atoms with Crippen molar-refractivity contribution in [3.63, 3.8) is 0 Å². The minimum absolute atomic E-state index is 0.786. The van der Waals surface area contributed by atoms with E-state index in [1.54, 1.807) is 20.3 Å². The van der Waals surface area contributed by atoms with Gasteiger partial charge >= 0.3 is 0 Å². The van der Waals surface area contributed by atoms with Crippen molar-refractivity contribution in [2.24, 2.45) is 0 Å². The molecule has 0 atom stereocenters. The van der Waals surface area contributed by atoms with Crippen LogP contribution in [0, 0.1) is 0 Å². The first-order chi connectivity index (χ1) is 6.08. The molecule has 0 aliphatic carbocycles. The zero-order valence-electron chi connectivity index (χ0n) is 9.10. The largest absolute Gasteiger partial charge is 0.501 e. The third kappa shape index (κ3) is 2.98. The predicted octanol–water partition coefficient (Wildman–Crippen LogP) is 3.03. The summed E-state index contributed by atoms with van der Waals surface area (Å²) in [5.41, 5.74) is 2.14. The Morgan fingerprint density at radius 3 is 1.85 bits per heavy atom. The van der Waals surface area contributed by atoms with E-state index in [0.29, 0.717) is 0 Å². The van der Waals surface area contributed by atoms with Gasteiger partial charge in [-0.2, -0.15) is 0 Å². The highest BCUT2D eigenvalue weighted by Crippen LogP contribution is 2.18. The molecular formula is C11H18O2. The van der Waals surface area contributed by atoms with E-state index in [1.807, 2.05) is 20.8 Å². The average molecular weight is 182 g/mol. The van der Waals surface area contributed by atoms with Crippen molar-refractivity contribution in [1.82, 2.24) is 0 Å².